The predicted molar refractivity (Wildman–Crippen MR) is 96.8 cm³/mol. The number of amides is 2. The van der Waals surface area contributed by atoms with Gasteiger partial charge in [-0.2, -0.15) is 0 Å². The lowest BCUT2D eigenvalue weighted by Gasteiger charge is -2.05. The van der Waals surface area contributed by atoms with Gasteiger partial charge in [-0.3, -0.25) is 9.59 Å². The number of carbonyl (C=O) groups excluding carboxylic acids is 2. The molecule has 0 spiro atoms. The standard InChI is InChI=1S/C16H16N2O2S3/c17-15(19)9-21-11-1-5-13(6-2-11)23-14-7-3-12(4-8-14)22-10-16(18)20/h1-8H,9-10H2,(H2,17,19)(H2,18,20). The predicted octanol–water partition coefficient (Wildman–Crippen LogP) is 2.99. The van der Waals surface area contributed by atoms with Crippen molar-refractivity contribution in [3.8, 4) is 0 Å². The van der Waals surface area contributed by atoms with Crippen LogP contribution in [0.2, 0.25) is 0 Å². The van der Waals surface area contributed by atoms with E-state index in [1.165, 1.54) is 23.5 Å². The van der Waals surface area contributed by atoms with Crippen molar-refractivity contribution < 1.29 is 9.59 Å². The van der Waals surface area contributed by atoms with Crippen LogP contribution in [-0.4, -0.2) is 23.3 Å². The van der Waals surface area contributed by atoms with E-state index in [4.69, 9.17) is 11.5 Å². The molecule has 120 valence electrons. The molecule has 23 heavy (non-hydrogen) atoms. The fraction of sp³-hybridized carbons (Fsp3) is 0.125. The van der Waals surface area contributed by atoms with Gasteiger partial charge in [0.25, 0.3) is 0 Å². The van der Waals surface area contributed by atoms with E-state index in [-0.39, 0.29) is 23.3 Å². The summed E-state index contributed by atoms with van der Waals surface area (Å²) in [5.74, 6) is -0.0566. The van der Waals surface area contributed by atoms with Gasteiger partial charge in [-0.15, -0.1) is 23.5 Å². The summed E-state index contributed by atoms with van der Waals surface area (Å²) in [5.41, 5.74) is 10.3. The number of hydrogen-bond donors (Lipinski definition) is 2. The zero-order valence-electron chi connectivity index (χ0n) is 12.2. The van der Waals surface area contributed by atoms with Crippen LogP contribution in [0.4, 0.5) is 0 Å². The third-order valence-electron chi connectivity index (χ3n) is 2.65. The molecule has 0 aliphatic rings. The van der Waals surface area contributed by atoms with Crippen molar-refractivity contribution >= 4 is 47.1 Å². The fourth-order valence-electron chi connectivity index (χ4n) is 1.65. The third kappa shape index (κ3) is 6.60. The number of primary amides is 2. The van der Waals surface area contributed by atoms with E-state index < -0.39 is 0 Å². The molecule has 0 saturated heterocycles. The zero-order valence-corrected chi connectivity index (χ0v) is 14.7. The summed E-state index contributed by atoms with van der Waals surface area (Å²) in [6, 6.07) is 16.0. The van der Waals surface area contributed by atoms with Crippen LogP contribution in [0.1, 0.15) is 0 Å². The Morgan fingerprint density at radius 3 is 1.26 bits per heavy atom. The first-order valence-electron chi connectivity index (χ1n) is 6.73. The second kappa shape index (κ2) is 8.90. The smallest absolute Gasteiger partial charge is 0.227 e. The summed E-state index contributed by atoms with van der Waals surface area (Å²) in [7, 11) is 0. The summed E-state index contributed by atoms with van der Waals surface area (Å²) >= 11 is 4.51. The van der Waals surface area contributed by atoms with E-state index in [1.807, 2.05) is 48.5 Å². The molecule has 2 rings (SSSR count). The van der Waals surface area contributed by atoms with Crippen molar-refractivity contribution in [2.45, 2.75) is 19.6 Å². The Labute approximate surface area is 147 Å². The minimum Gasteiger partial charge on any atom is -0.369 e. The van der Waals surface area contributed by atoms with Crippen molar-refractivity contribution in [2.75, 3.05) is 11.5 Å². The van der Waals surface area contributed by atoms with Crippen LogP contribution in [-0.2, 0) is 9.59 Å². The lowest BCUT2D eigenvalue weighted by atomic mass is 10.4. The van der Waals surface area contributed by atoms with Crippen molar-refractivity contribution in [1.29, 1.82) is 0 Å². The van der Waals surface area contributed by atoms with E-state index in [9.17, 15) is 9.59 Å². The molecular weight excluding hydrogens is 348 g/mol. The Bertz CT molecular complexity index is 613. The number of benzene rings is 2. The van der Waals surface area contributed by atoms with Gasteiger partial charge in [0, 0.05) is 19.6 Å². The fourth-order valence-corrected chi connectivity index (χ4v) is 3.74. The molecule has 0 atom stereocenters. The number of thioether (sulfide) groups is 2. The Morgan fingerprint density at radius 2 is 0.957 bits per heavy atom. The minimum absolute atomic E-state index is 0.289. The first-order valence-corrected chi connectivity index (χ1v) is 9.52. The highest BCUT2D eigenvalue weighted by molar-refractivity contribution is 8.00. The quantitative estimate of drug-likeness (QED) is 0.703. The van der Waals surface area contributed by atoms with Gasteiger partial charge in [-0.25, -0.2) is 0 Å². The maximum Gasteiger partial charge on any atom is 0.227 e. The van der Waals surface area contributed by atoms with E-state index in [2.05, 4.69) is 0 Å². The van der Waals surface area contributed by atoms with Gasteiger partial charge >= 0.3 is 0 Å². The Hall–Kier alpha value is -1.57. The first-order chi connectivity index (χ1) is 11.0. The van der Waals surface area contributed by atoms with Crippen LogP contribution in [0.25, 0.3) is 0 Å². The van der Waals surface area contributed by atoms with Crippen molar-refractivity contribution in [3.05, 3.63) is 48.5 Å². The van der Waals surface area contributed by atoms with Crippen molar-refractivity contribution in [1.82, 2.24) is 0 Å². The lowest BCUT2D eigenvalue weighted by molar-refractivity contribution is -0.116. The Kier molecular flexibility index (Phi) is 6.88. The van der Waals surface area contributed by atoms with Crippen LogP contribution in [0, 0.1) is 0 Å². The molecule has 0 aromatic heterocycles. The molecule has 0 fully saturated rings. The largest absolute Gasteiger partial charge is 0.369 e. The SMILES string of the molecule is NC(=O)CSc1ccc(Sc2ccc(SCC(N)=O)cc2)cc1. The molecule has 4 N–H and O–H groups in total. The van der Waals surface area contributed by atoms with Crippen LogP contribution >= 0.6 is 35.3 Å². The van der Waals surface area contributed by atoms with Crippen molar-refractivity contribution in [2.24, 2.45) is 11.5 Å². The molecule has 0 bridgehead atoms. The molecule has 0 aliphatic carbocycles. The van der Waals surface area contributed by atoms with E-state index >= 15 is 0 Å². The molecule has 0 radical (unpaired) electrons. The molecule has 0 unspecified atom stereocenters. The summed E-state index contributed by atoms with van der Waals surface area (Å²) in [6.07, 6.45) is 0. The molecule has 0 heterocycles. The number of nitrogens with two attached hydrogens (primary N) is 2. The van der Waals surface area contributed by atoms with Gasteiger partial charge in [-0.05, 0) is 48.5 Å². The second-order valence-electron chi connectivity index (χ2n) is 4.55. The number of carbonyl (C=O) groups is 2. The molecule has 7 heteroatoms. The molecule has 0 aliphatic heterocycles. The molecule has 0 saturated carbocycles. The zero-order chi connectivity index (χ0) is 16.7. The monoisotopic (exact) mass is 364 g/mol. The maximum atomic E-state index is 10.8. The van der Waals surface area contributed by atoms with Crippen LogP contribution in [0.15, 0.2) is 68.1 Å². The second-order valence-corrected chi connectivity index (χ2v) is 7.80. The number of rotatable bonds is 8. The van der Waals surface area contributed by atoms with Crippen LogP contribution in [0.5, 0.6) is 0 Å². The normalized spacial score (nSPS) is 10.4. The van der Waals surface area contributed by atoms with Gasteiger partial charge in [0.1, 0.15) is 0 Å². The van der Waals surface area contributed by atoms with Crippen LogP contribution in [0.3, 0.4) is 0 Å². The maximum absolute atomic E-state index is 10.8. The minimum atomic E-state index is -0.317. The third-order valence-corrected chi connectivity index (χ3v) is 5.73. The van der Waals surface area contributed by atoms with E-state index in [1.54, 1.807) is 11.8 Å². The average molecular weight is 365 g/mol. The summed E-state index contributed by atoms with van der Waals surface area (Å²) < 4.78 is 0. The molecular formula is C16H16N2O2S3. The Balaban J connectivity index is 1.91. The molecule has 2 amide bonds. The molecule has 2 aromatic rings. The van der Waals surface area contributed by atoms with E-state index in [0.29, 0.717) is 0 Å². The highest BCUT2D eigenvalue weighted by Crippen LogP contribution is 2.31. The highest BCUT2D eigenvalue weighted by atomic mass is 32.2. The van der Waals surface area contributed by atoms with Gasteiger partial charge < -0.3 is 11.5 Å². The molecule has 2 aromatic carbocycles. The van der Waals surface area contributed by atoms with Gasteiger partial charge in [0.15, 0.2) is 0 Å². The average Bonchev–Trinajstić information content (AvgIpc) is 2.53. The Morgan fingerprint density at radius 1 is 0.652 bits per heavy atom. The summed E-state index contributed by atoms with van der Waals surface area (Å²) in [5, 5.41) is 0. The van der Waals surface area contributed by atoms with Crippen LogP contribution < -0.4 is 11.5 Å². The van der Waals surface area contributed by atoms with E-state index in [0.717, 1.165) is 19.6 Å². The van der Waals surface area contributed by atoms with Crippen molar-refractivity contribution in [3.63, 3.8) is 0 Å². The van der Waals surface area contributed by atoms with Gasteiger partial charge in [-0.1, -0.05) is 11.8 Å². The topological polar surface area (TPSA) is 86.2 Å². The lowest BCUT2D eigenvalue weighted by Crippen LogP contribution is -2.12. The van der Waals surface area contributed by atoms with Gasteiger partial charge in [0.05, 0.1) is 11.5 Å². The number of hydrogen-bond acceptors (Lipinski definition) is 5. The van der Waals surface area contributed by atoms with Gasteiger partial charge in [0.2, 0.25) is 11.8 Å². The molecule has 4 nitrogen and oxygen atoms in total. The summed E-state index contributed by atoms with van der Waals surface area (Å²) in [6.45, 7) is 0. The highest BCUT2D eigenvalue weighted by Gasteiger charge is 2.02. The summed E-state index contributed by atoms with van der Waals surface area (Å²) in [4.78, 5) is 25.8. The first kappa shape index (κ1) is 17.8.